The molecule has 2 heteroatoms. The molecule has 1 saturated heterocycles. The molecule has 2 saturated carbocycles. The second-order valence-corrected chi connectivity index (χ2v) is 7.80. The van der Waals surface area contributed by atoms with Crippen LogP contribution in [0.15, 0.2) is 18.2 Å². The highest BCUT2D eigenvalue weighted by Gasteiger charge is 2.42. The monoisotopic (exact) mass is 299 g/mol. The van der Waals surface area contributed by atoms with E-state index in [2.05, 4.69) is 30.0 Å². The lowest BCUT2D eigenvalue weighted by Crippen LogP contribution is -2.43. The van der Waals surface area contributed by atoms with Gasteiger partial charge in [-0.15, -0.1) is 0 Å². The molecule has 22 heavy (non-hydrogen) atoms. The van der Waals surface area contributed by atoms with E-state index in [1.165, 1.54) is 62.7 Å². The second-order valence-electron chi connectivity index (χ2n) is 7.80. The van der Waals surface area contributed by atoms with Gasteiger partial charge >= 0.3 is 0 Å². The number of aryl methyl sites for hydroxylation is 1. The SMILES string of the molecule is COc1ccc(C)cc1C1CCN([C@@H]2C[C@H]3CC[C@H]2C3)CC1. The van der Waals surface area contributed by atoms with Crippen molar-refractivity contribution in [1.29, 1.82) is 0 Å². The molecule has 1 aromatic carbocycles. The number of nitrogens with zero attached hydrogens (tertiary/aromatic N) is 1. The fraction of sp³-hybridized carbons (Fsp3) is 0.700. The molecule has 3 aliphatic rings. The number of hydrogen-bond donors (Lipinski definition) is 0. The molecule has 3 atom stereocenters. The molecule has 1 heterocycles. The van der Waals surface area contributed by atoms with Crippen molar-refractivity contribution in [2.75, 3.05) is 20.2 Å². The van der Waals surface area contributed by atoms with Crippen LogP contribution in [-0.2, 0) is 0 Å². The number of methoxy groups -OCH3 is 1. The molecule has 0 spiro atoms. The highest BCUT2D eigenvalue weighted by Crippen LogP contribution is 2.47. The van der Waals surface area contributed by atoms with Crippen molar-refractivity contribution in [2.24, 2.45) is 11.8 Å². The highest BCUT2D eigenvalue weighted by molar-refractivity contribution is 5.39. The third-order valence-electron chi connectivity index (χ3n) is 6.52. The Bertz CT molecular complexity index is 533. The smallest absolute Gasteiger partial charge is 0.122 e. The lowest BCUT2D eigenvalue weighted by atomic mass is 9.85. The number of fused-ring (bicyclic) bond motifs is 2. The summed E-state index contributed by atoms with van der Waals surface area (Å²) in [7, 11) is 1.80. The molecule has 0 N–H and O–H groups in total. The molecule has 0 radical (unpaired) electrons. The Balaban J connectivity index is 1.43. The van der Waals surface area contributed by atoms with Crippen molar-refractivity contribution in [3.63, 3.8) is 0 Å². The zero-order valence-corrected chi connectivity index (χ0v) is 14.1. The molecule has 1 aromatic rings. The van der Waals surface area contributed by atoms with E-state index in [0.717, 1.165) is 23.6 Å². The summed E-state index contributed by atoms with van der Waals surface area (Å²) < 4.78 is 5.61. The predicted octanol–water partition coefficient (Wildman–Crippen LogP) is 4.37. The Labute approximate surface area is 134 Å². The van der Waals surface area contributed by atoms with Gasteiger partial charge in [-0.2, -0.15) is 0 Å². The van der Waals surface area contributed by atoms with Crippen LogP contribution in [0.25, 0.3) is 0 Å². The minimum Gasteiger partial charge on any atom is -0.496 e. The zero-order chi connectivity index (χ0) is 15.1. The quantitative estimate of drug-likeness (QED) is 0.821. The van der Waals surface area contributed by atoms with E-state index in [9.17, 15) is 0 Å². The molecule has 120 valence electrons. The van der Waals surface area contributed by atoms with E-state index < -0.39 is 0 Å². The average Bonchev–Trinajstić information content (AvgIpc) is 3.18. The van der Waals surface area contributed by atoms with Gasteiger partial charge in [-0.1, -0.05) is 24.1 Å². The molecular weight excluding hydrogens is 270 g/mol. The normalized spacial score (nSPS) is 32.5. The highest BCUT2D eigenvalue weighted by atomic mass is 16.5. The van der Waals surface area contributed by atoms with Gasteiger partial charge in [0.1, 0.15) is 5.75 Å². The third kappa shape index (κ3) is 2.56. The summed E-state index contributed by atoms with van der Waals surface area (Å²) in [6.07, 6.45) is 8.62. The number of piperidine rings is 1. The van der Waals surface area contributed by atoms with E-state index in [4.69, 9.17) is 4.74 Å². The molecule has 2 nitrogen and oxygen atoms in total. The minimum absolute atomic E-state index is 0.685. The first-order valence-electron chi connectivity index (χ1n) is 9.13. The first-order chi connectivity index (χ1) is 10.7. The van der Waals surface area contributed by atoms with E-state index >= 15 is 0 Å². The van der Waals surface area contributed by atoms with Crippen LogP contribution < -0.4 is 4.74 Å². The van der Waals surface area contributed by atoms with E-state index in [-0.39, 0.29) is 0 Å². The van der Waals surface area contributed by atoms with Crippen molar-refractivity contribution in [2.45, 2.75) is 57.4 Å². The maximum absolute atomic E-state index is 5.61. The first kappa shape index (κ1) is 14.6. The van der Waals surface area contributed by atoms with Gasteiger partial charge in [0.05, 0.1) is 7.11 Å². The molecule has 0 amide bonds. The maximum Gasteiger partial charge on any atom is 0.122 e. The summed E-state index contributed by atoms with van der Waals surface area (Å²) in [6.45, 7) is 4.76. The Kier molecular flexibility index (Phi) is 3.89. The van der Waals surface area contributed by atoms with Crippen molar-refractivity contribution in [3.05, 3.63) is 29.3 Å². The lowest BCUT2D eigenvalue weighted by molar-refractivity contribution is 0.110. The fourth-order valence-corrected chi connectivity index (χ4v) is 5.37. The average molecular weight is 299 g/mol. The summed E-state index contributed by atoms with van der Waals surface area (Å²) in [5.41, 5.74) is 2.79. The van der Waals surface area contributed by atoms with Crippen LogP contribution in [0.3, 0.4) is 0 Å². The van der Waals surface area contributed by atoms with Crippen LogP contribution >= 0.6 is 0 Å². The Morgan fingerprint density at radius 1 is 1.05 bits per heavy atom. The van der Waals surface area contributed by atoms with Gasteiger partial charge < -0.3 is 9.64 Å². The third-order valence-corrected chi connectivity index (χ3v) is 6.52. The Morgan fingerprint density at radius 3 is 2.50 bits per heavy atom. The number of benzene rings is 1. The molecule has 0 unspecified atom stereocenters. The van der Waals surface area contributed by atoms with Gasteiger partial charge in [0.2, 0.25) is 0 Å². The molecule has 0 aromatic heterocycles. The van der Waals surface area contributed by atoms with Gasteiger partial charge in [-0.3, -0.25) is 0 Å². The van der Waals surface area contributed by atoms with Crippen LogP contribution in [0.5, 0.6) is 5.75 Å². The van der Waals surface area contributed by atoms with Crippen LogP contribution in [0, 0.1) is 18.8 Å². The largest absolute Gasteiger partial charge is 0.496 e. The van der Waals surface area contributed by atoms with Crippen LogP contribution in [-0.4, -0.2) is 31.1 Å². The Hall–Kier alpha value is -1.02. The summed E-state index contributed by atoms with van der Waals surface area (Å²) >= 11 is 0. The fourth-order valence-electron chi connectivity index (χ4n) is 5.37. The van der Waals surface area contributed by atoms with E-state index in [1.807, 2.05) is 0 Å². The van der Waals surface area contributed by atoms with Crippen LogP contribution in [0.1, 0.15) is 55.6 Å². The van der Waals surface area contributed by atoms with E-state index in [1.54, 1.807) is 7.11 Å². The van der Waals surface area contributed by atoms with Gasteiger partial charge in [-0.05, 0) is 81.5 Å². The van der Waals surface area contributed by atoms with Crippen LogP contribution in [0.4, 0.5) is 0 Å². The minimum atomic E-state index is 0.685. The summed E-state index contributed by atoms with van der Waals surface area (Å²) in [4.78, 5) is 2.82. The van der Waals surface area contributed by atoms with Gasteiger partial charge in [0, 0.05) is 6.04 Å². The molecule has 4 rings (SSSR count). The number of rotatable bonds is 3. The molecule has 2 bridgehead atoms. The molecule has 2 aliphatic carbocycles. The first-order valence-corrected chi connectivity index (χ1v) is 9.13. The van der Waals surface area contributed by atoms with Crippen LogP contribution in [0.2, 0.25) is 0 Å². The van der Waals surface area contributed by atoms with Gasteiger partial charge in [0.15, 0.2) is 0 Å². The topological polar surface area (TPSA) is 12.5 Å². The summed E-state index contributed by atoms with van der Waals surface area (Å²) in [5.74, 6) is 3.85. The number of likely N-dealkylation sites (tertiary alicyclic amines) is 1. The van der Waals surface area contributed by atoms with Gasteiger partial charge in [-0.25, -0.2) is 0 Å². The van der Waals surface area contributed by atoms with E-state index in [0.29, 0.717) is 5.92 Å². The van der Waals surface area contributed by atoms with Gasteiger partial charge in [0.25, 0.3) is 0 Å². The molecule has 1 aliphatic heterocycles. The lowest BCUT2D eigenvalue weighted by Gasteiger charge is -2.40. The molecule has 3 fully saturated rings. The van der Waals surface area contributed by atoms with Crippen molar-refractivity contribution < 1.29 is 4.74 Å². The molecular formula is C20H29NO. The number of hydrogen-bond acceptors (Lipinski definition) is 2. The zero-order valence-electron chi connectivity index (χ0n) is 14.1. The van der Waals surface area contributed by atoms with Crippen molar-refractivity contribution >= 4 is 0 Å². The summed E-state index contributed by atoms with van der Waals surface area (Å²) in [6, 6.07) is 7.57. The number of ether oxygens (including phenoxy) is 1. The maximum atomic E-state index is 5.61. The van der Waals surface area contributed by atoms with Crippen molar-refractivity contribution in [3.8, 4) is 5.75 Å². The predicted molar refractivity (Wildman–Crippen MR) is 90.5 cm³/mol. The standard InChI is InChI=1S/C20H29NO/c1-14-3-6-20(22-2)18(11-14)16-7-9-21(10-8-16)19-13-15-4-5-17(19)12-15/h3,6,11,15-17,19H,4-5,7-10,12-13H2,1-2H3/t15-,17-,19+/m0/s1. The Morgan fingerprint density at radius 2 is 1.86 bits per heavy atom. The van der Waals surface area contributed by atoms with Crippen molar-refractivity contribution in [1.82, 2.24) is 4.90 Å². The summed E-state index contributed by atoms with van der Waals surface area (Å²) in [5, 5.41) is 0. The second kappa shape index (κ2) is 5.88.